The van der Waals surface area contributed by atoms with Crippen molar-refractivity contribution in [1.29, 1.82) is 0 Å². The van der Waals surface area contributed by atoms with Gasteiger partial charge in [-0.05, 0) is 44.2 Å². The lowest BCUT2D eigenvalue weighted by Gasteiger charge is -2.11. The Morgan fingerprint density at radius 2 is 1.95 bits per heavy atom. The van der Waals surface area contributed by atoms with E-state index in [1.165, 1.54) is 18.3 Å². The van der Waals surface area contributed by atoms with E-state index >= 15 is 0 Å². The number of carbonyl (C=O) groups is 1. The Labute approximate surface area is 132 Å². The van der Waals surface area contributed by atoms with Crippen molar-refractivity contribution < 1.29 is 9.18 Å². The SMILES string of the molecule is CC(C)NC(=O)Nc1ccc(Nc2ccc(F)c(Cl)c2)nc1. The van der Waals surface area contributed by atoms with Crippen molar-refractivity contribution in [2.75, 3.05) is 10.6 Å². The summed E-state index contributed by atoms with van der Waals surface area (Å²) in [6, 6.07) is 7.48. The van der Waals surface area contributed by atoms with Crippen molar-refractivity contribution in [1.82, 2.24) is 10.3 Å². The van der Waals surface area contributed by atoms with E-state index in [-0.39, 0.29) is 17.1 Å². The van der Waals surface area contributed by atoms with Crippen LogP contribution in [0.1, 0.15) is 13.8 Å². The zero-order chi connectivity index (χ0) is 16.1. The van der Waals surface area contributed by atoms with Crippen molar-refractivity contribution in [3.8, 4) is 0 Å². The summed E-state index contributed by atoms with van der Waals surface area (Å²) in [6.45, 7) is 3.75. The maximum absolute atomic E-state index is 13.1. The Kier molecular flexibility index (Phi) is 5.16. The lowest BCUT2D eigenvalue weighted by atomic mass is 10.3. The quantitative estimate of drug-likeness (QED) is 0.792. The molecule has 1 aromatic carbocycles. The van der Waals surface area contributed by atoms with E-state index in [4.69, 9.17) is 11.6 Å². The van der Waals surface area contributed by atoms with Gasteiger partial charge in [-0.1, -0.05) is 11.6 Å². The third-order valence-corrected chi connectivity index (χ3v) is 2.92. The average Bonchev–Trinajstić information content (AvgIpc) is 2.44. The van der Waals surface area contributed by atoms with Crippen LogP contribution in [0.25, 0.3) is 0 Å². The van der Waals surface area contributed by atoms with Crippen molar-refractivity contribution in [2.24, 2.45) is 0 Å². The third kappa shape index (κ3) is 4.60. The van der Waals surface area contributed by atoms with Gasteiger partial charge in [0, 0.05) is 11.7 Å². The second kappa shape index (κ2) is 7.09. The molecular weight excluding hydrogens is 307 g/mol. The predicted molar refractivity (Wildman–Crippen MR) is 86.2 cm³/mol. The Morgan fingerprint density at radius 1 is 1.23 bits per heavy atom. The summed E-state index contributed by atoms with van der Waals surface area (Å²) in [7, 11) is 0. The van der Waals surface area contributed by atoms with Gasteiger partial charge in [0.05, 0.1) is 16.9 Å². The minimum absolute atomic E-state index is 0.0358. The fraction of sp³-hybridized carbons (Fsp3) is 0.200. The molecule has 0 spiro atoms. The zero-order valence-corrected chi connectivity index (χ0v) is 12.9. The Morgan fingerprint density at radius 3 is 2.55 bits per heavy atom. The van der Waals surface area contributed by atoms with Crippen LogP contribution in [0.15, 0.2) is 36.5 Å². The first kappa shape index (κ1) is 16.0. The lowest BCUT2D eigenvalue weighted by Crippen LogP contribution is -2.34. The number of nitrogens with zero attached hydrogens (tertiary/aromatic N) is 1. The molecule has 0 aliphatic carbocycles. The number of hydrogen-bond donors (Lipinski definition) is 3. The number of pyridine rings is 1. The topological polar surface area (TPSA) is 66.1 Å². The number of aromatic nitrogens is 1. The number of urea groups is 1. The molecule has 22 heavy (non-hydrogen) atoms. The van der Waals surface area contributed by atoms with Gasteiger partial charge >= 0.3 is 6.03 Å². The van der Waals surface area contributed by atoms with Crippen LogP contribution in [-0.2, 0) is 0 Å². The summed E-state index contributed by atoms with van der Waals surface area (Å²) in [4.78, 5) is 15.7. The Balaban J connectivity index is 1.99. The molecule has 3 N–H and O–H groups in total. The first-order chi connectivity index (χ1) is 10.4. The van der Waals surface area contributed by atoms with E-state index < -0.39 is 5.82 Å². The van der Waals surface area contributed by atoms with E-state index in [1.54, 1.807) is 18.2 Å². The van der Waals surface area contributed by atoms with Crippen LogP contribution in [0, 0.1) is 5.82 Å². The molecule has 5 nitrogen and oxygen atoms in total. The third-order valence-electron chi connectivity index (χ3n) is 2.63. The van der Waals surface area contributed by atoms with E-state index in [2.05, 4.69) is 20.9 Å². The summed E-state index contributed by atoms with van der Waals surface area (Å²) in [5, 5.41) is 8.41. The van der Waals surface area contributed by atoms with Gasteiger partial charge in [0.15, 0.2) is 0 Å². The number of anilines is 3. The minimum Gasteiger partial charge on any atom is -0.340 e. The molecule has 116 valence electrons. The van der Waals surface area contributed by atoms with Crippen LogP contribution in [0.3, 0.4) is 0 Å². The molecule has 2 amide bonds. The fourth-order valence-electron chi connectivity index (χ4n) is 1.69. The first-order valence-electron chi connectivity index (χ1n) is 6.69. The molecule has 0 radical (unpaired) electrons. The minimum atomic E-state index is -0.476. The number of benzene rings is 1. The van der Waals surface area contributed by atoms with Crippen LogP contribution in [-0.4, -0.2) is 17.1 Å². The molecule has 0 saturated carbocycles. The summed E-state index contributed by atoms with van der Waals surface area (Å²) < 4.78 is 13.1. The molecule has 1 heterocycles. The highest BCUT2D eigenvalue weighted by Gasteiger charge is 2.05. The molecule has 0 aliphatic heterocycles. The van der Waals surface area contributed by atoms with E-state index in [0.717, 1.165) is 0 Å². The van der Waals surface area contributed by atoms with E-state index in [0.29, 0.717) is 17.2 Å². The van der Waals surface area contributed by atoms with Gasteiger partial charge in [-0.2, -0.15) is 0 Å². The smallest absolute Gasteiger partial charge is 0.319 e. The number of hydrogen-bond acceptors (Lipinski definition) is 3. The average molecular weight is 323 g/mol. The molecule has 0 saturated heterocycles. The predicted octanol–water partition coefficient (Wildman–Crippen LogP) is 4.15. The first-order valence-corrected chi connectivity index (χ1v) is 7.07. The number of halogens is 2. The monoisotopic (exact) mass is 322 g/mol. The van der Waals surface area contributed by atoms with Gasteiger partial charge in [0.1, 0.15) is 11.6 Å². The highest BCUT2D eigenvalue weighted by molar-refractivity contribution is 6.31. The normalized spacial score (nSPS) is 10.4. The van der Waals surface area contributed by atoms with Crippen molar-refractivity contribution in [3.63, 3.8) is 0 Å². The lowest BCUT2D eigenvalue weighted by molar-refractivity contribution is 0.250. The van der Waals surface area contributed by atoms with E-state index in [1.807, 2.05) is 13.8 Å². The summed E-state index contributed by atoms with van der Waals surface area (Å²) in [5.74, 6) is 0.0772. The summed E-state index contributed by atoms with van der Waals surface area (Å²) >= 11 is 5.71. The molecule has 0 aliphatic rings. The molecule has 0 fully saturated rings. The van der Waals surface area contributed by atoms with Crippen molar-refractivity contribution in [3.05, 3.63) is 47.4 Å². The Bertz CT molecular complexity index is 661. The molecule has 1 aromatic heterocycles. The second-order valence-corrected chi connectivity index (χ2v) is 5.35. The summed E-state index contributed by atoms with van der Waals surface area (Å²) in [5.41, 5.74) is 1.19. The van der Waals surface area contributed by atoms with Crippen molar-refractivity contribution >= 4 is 34.8 Å². The molecule has 0 unspecified atom stereocenters. The van der Waals surface area contributed by atoms with Crippen LogP contribution < -0.4 is 16.0 Å². The Hall–Kier alpha value is -2.34. The van der Waals surface area contributed by atoms with Crippen LogP contribution in [0.5, 0.6) is 0 Å². The van der Waals surface area contributed by atoms with Gasteiger partial charge in [-0.15, -0.1) is 0 Å². The maximum atomic E-state index is 13.1. The fourth-order valence-corrected chi connectivity index (χ4v) is 1.87. The van der Waals surface area contributed by atoms with E-state index in [9.17, 15) is 9.18 Å². The van der Waals surface area contributed by atoms with Crippen LogP contribution in [0.4, 0.5) is 26.4 Å². The van der Waals surface area contributed by atoms with Crippen LogP contribution >= 0.6 is 11.6 Å². The second-order valence-electron chi connectivity index (χ2n) is 4.94. The standard InChI is InChI=1S/C15H16ClFN4O/c1-9(2)19-15(22)21-11-4-6-14(18-8-11)20-10-3-5-13(17)12(16)7-10/h3-9H,1-2H3,(H,18,20)(H2,19,21,22). The van der Waals surface area contributed by atoms with Crippen molar-refractivity contribution in [2.45, 2.75) is 19.9 Å². The van der Waals surface area contributed by atoms with Gasteiger partial charge in [0.25, 0.3) is 0 Å². The number of nitrogens with one attached hydrogen (secondary N) is 3. The highest BCUT2D eigenvalue weighted by atomic mass is 35.5. The number of carbonyl (C=O) groups excluding carboxylic acids is 1. The van der Waals surface area contributed by atoms with Gasteiger partial charge in [-0.25, -0.2) is 14.2 Å². The highest BCUT2D eigenvalue weighted by Crippen LogP contribution is 2.22. The maximum Gasteiger partial charge on any atom is 0.319 e. The molecule has 7 heteroatoms. The zero-order valence-electron chi connectivity index (χ0n) is 12.2. The van der Waals surface area contributed by atoms with Gasteiger partial charge < -0.3 is 16.0 Å². The number of rotatable bonds is 4. The molecule has 2 rings (SSSR count). The molecule has 0 bridgehead atoms. The largest absolute Gasteiger partial charge is 0.340 e. The molecule has 2 aromatic rings. The van der Waals surface area contributed by atoms with Gasteiger partial charge in [-0.3, -0.25) is 0 Å². The molecule has 0 atom stereocenters. The molecular formula is C15H16ClFN4O. The number of amides is 2. The van der Waals surface area contributed by atoms with Gasteiger partial charge in [0.2, 0.25) is 0 Å². The summed E-state index contributed by atoms with van der Waals surface area (Å²) in [6.07, 6.45) is 1.52. The van der Waals surface area contributed by atoms with Crippen LogP contribution in [0.2, 0.25) is 5.02 Å².